The lowest BCUT2D eigenvalue weighted by Crippen LogP contribution is -2.52. The average molecular weight is 306 g/mol. The van der Waals surface area contributed by atoms with Crippen LogP contribution >= 0.6 is 0 Å². The van der Waals surface area contributed by atoms with Crippen LogP contribution in [0.4, 0.5) is 4.79 Å². The van der Waals surface area contributed by atoms with Gasteiger partial charge in [0.15, 0.2) is 0 Å². The molecule has 5 nitrogen and oxygen atoms in total. The van der Waals surface area contributed by atoms with E-state index in [1.807, 2.05) is 39.0 Å². The van der Waals surface area contributed by atoms with Crippen molar-refractivity contribution in [3.05, 3.63) is 35.9 Å². The molecule has 0 aromatic heterocycles. The van der Waals surface area contributed by atoms with E-state index >= 15 is 0 Å². The van der Waals surface area contributed by atoms with E-state index in [2.05, 4.69) is 22.3 Å². The molecule has 1 fully saturated rings. The molecule has 1 heterocycles. The molecule has 0 aliphatic carbocycles. The molecule has 22 heavy (non-hydrogen) atoms. The Morgan fingerprint density at radius 3 is 2.64 bits per heavy atom. The first kappa shape index (κ1) is 16.8. The van der Waals surface area contributed by atoms with E-state index in [-0.39, 0.29) is 6.04 Å². The average Bonchev–Trinajstić information content (AvgIpc) is 2.36. The number of nitrogens with one attached hydrogen (secondary N) is 1. The van der Waals surface area contributed by atoms with Gasteiger partial charge in [0, 0.05) is 25.7 Å². The van der Waals surface area contributed by atoms with Gasteiger partial charge in [0.25, 0.3) is 0 Å². The van der Waals surface area contributed by atoms with Gasteiger partial charge in [0.2, 0.25) is 0 Å². The number of alkyl carbamates (subject to hydrolysis) is 1. The van der Waals surface area contributed by atoms with Crippen molar-refractivity contribution in [2.75, 3.05) is 13.1 Å². The molecule has 2 atom stereocenters. The lowest BCUT2D eigenvalue weighted by molar-refractivity contribution is 0.0292. The van der Waals surface area contributed by atoms with Gasteiger partial charge in [-0.1, -0.05) is 30.3 Å². The molecule has 2 N–H and O–H groups in total. The Bertz CT molecular complexity index is 484. The highest BCUT2D eigenvalue weighted by Gasteiger charge is 2.28. The molecule has 1 aliphatic heterocycles. The SMILES string of the molecule is CC(C)(C)OC(=O)N[C@@H]1C[C@H](O)CN(Cc2ccccc2)C1. The lowest BCUT2D eigenvalue weighted by atomic mass is 10.0. The van der Waals surface area contributed by atoms with Crippen molar-refractivity contribution < 1.29 is 14.6 Å². The molecule has 0 unspecified atom stereocenters. The number of nitrogens with zero attached hydrogens (tertiary/aromatic N) is 1. The van der Waals surface area contributed by atoms with Crippen LogP contribution in [-0.2, 0) is 11.3 Å². The van der Waals surface area contributed by atoms with E-state index in [9.17, 15) is 9.90 Å². The van der Waals surface area contributed by atoms with Crippen LogP contribution in [0.15, 0.2) is 30.3 Å². The molecule has 1 aliphatic rings. The third-order valence-corrected chi connectivity index (χ3v) is 3.47. The van der Waals surface area contributed by atoms with Gasteiger partial charge in [-0.15, -0.1) is 0 Å². The molecule has 1 aromatic rings. The summed E-state index contributed by atoms with van der Waals surface area (Å²) in [5.41, 5.74) is 0.689. The zero-order chi connectivity index (χ0) is 16.2. The summed E-state index contributed by atoms with van der Waals surface area (Å²) in [6, 6.07) is 10.0. The third-order valence-electron chi connectivity index (χ3n) is 3.47. The van der Waals surface area contributed by atoms with Crippen molar-refractivity contribution in [1.29, 1.82) is 0 Å². The van der Waals surface area contributed by atoms with Crippen molar-refractivity contribution in [2.24, 2.45) is 0 Å². The second-order valence-electron chi connectivity index (χ2n) is 6.91. The largest absolute Gasteiger partial charge is 0.444 e. The molecule has 5 heteroatoms. The smallest absolute Gasteiger partial charge is 0.407 e. The number of hydrogen-bond donors (Lipinski definition) is 2. The van der Waals surface area contributed by atoms with Gasteiger partial charge in [-0.3, -0.25) is 4.90 Å². The summed E-state index contributed by atoms with van der Waals surface area (Å²) in [5.74, 6) is 0. The Kier molecular flexibility index (Phi) is 5.42. The number of β-amino-alcohol motifs (C(OH)–C–C–N with tert-alkyl or cyclic N) is 1. The molecule has 0 bridgehead atoms. The number of aliphatic hydroxyl groups excluding tert-OH is 1. The predicted molar refractivity (Wildman–Crippen MR) is 85.5 cm³/mol. The summed E-state index contributed by atoms with van der Waals surface area (Å²) >= 11 is 0. The maximum absolute atomic E-state index is 11.9. The Morgan fingerprint density at radius 1 is 1.32 bits per heavy atom. The zero-order valence-electron chi connectivity index (χ0n) is 13.6. The van der Waals surface area contributed by atoms with Crippen molar-refractivity contribution in [3.63, 3.8) is 0 Å². The molecule has 2 rings (SSSR count). The normalized spacial score (nSPS) is 23.1. The quantitative estimate of drug-likeness (QED) is 0.898. The zero-order valence-corrected chi connectivity index (χ0v) is 13.6. The first-order valence-electron chi connectivity index (χ1n) is 7.76. The summed E-state index contributed by atoms with van der Waals surface area (Å²) in [7, 11) is 0. The summed E-state index contributed by atoms with van der Waals surface area (Å²) in [5, 5.41) is 12.9. The second-order valence-corrected chi connectivity index (χ2v) is 6.91. The van der Waals surface area contributed by atoms with Crippen LogP contribution in [0.25, 0.3) is 0 Å². The van der Waals surface area contributed by atoms with Gasteiger partial charge < -0.3 is 15.2 Å². The van der Waals surface area contributed by atoms with E-state index in [1.54, 1.807) is 0 Å². The number of benzene rings is 1. The standard InChI is InChI=1S/C17H26N2O3/c1-17(2,3)22-16(21)18-14-9-15(20)12-19(11-14)10-13-7-5-4-6-8-13/h4-8,14-15,20H,9-12H2,1-3H3,(H,18,21)/t14-,15+/m1/s1. The number of likely N-dealkylation sites (tertiary alicyclic amines) is 1. The number of carbonyl (C=O) groups is 1. The summed E-state index contributed by atoms with van der Waals surface area (Å²) in [4.78, 5) is 14.0. The van der Waals surface area contributed by atoms with E-state index < -0.39 is 17.8 Å². The summed E-state index contributed by atoms with van der Waals surface area (Å²) < 4.78 is 5.28. The van der Waals surface area contributed by atoms with Gasteiger partial charge in [-0.2, -0.15) is 0 Å². The predicted octanol–water partition coefficient (Wildman–Crippen LogP) is 2.15. The Labute approximate surface area is 132 Å². The third kappa shape index (κ3) is 5.66. The minimum Gasteiger partial charge on any atom is -0.444 e. The maximum Gasteiger partial charge on any atom is 0.407 e. The summed E-state index contributed by atoms with van der Waals surface area (Å²) in [6.07, 6.45) is -0.298. The number of carbonyl (C=O) groups excluding carboxylic acids is 1. The molecule has 0 radical (unpaired) electrons. The Balaban J connectivity index is 1.89. The highest BCUT2D eigenvalue weighted by atomic mass is 16.6. The fourth-order valence-electron chi connectivity index (χ4n) is 2.71. The van der Waals surface area contributed by atoms with Crippen LogP contribution in [0, 0.1) is 0 Å². The van der Waals surface area contributed by atoms with Crippen molar-refractivity contribution in [3.8, 4) is 0 Å². The minimum absolute atomic E-state index is 0.0951. The van der Waals surface area contributed by atoms with Gasteiger partial charge in [0.05, 0.1) is 6.10 Å². The molecule has 1 saturated heterocycles. The number of piperidine rings is 1. The van der Waals surface area contributed by atoms with Crippen LogP contribution in [-0.4, -0.2) is 46.9 Å². The number of rotatable bonds is 3. The van der Waals surface area contributed by atoms with Crippen LogP contribution in [0.5, 0.6) is 0 Å². The fourth-order valence-corrected chi connectivity index (χ4v) is 2.71. The minimum atomic E-state index is -0.513. The number of aliphatic hydroxyl groups is 1. The lowest BCUT2D eigenvalue weighted by Gasteiger charge is -2.36. The van der Waals surface area contributed by atoms with Gasteiger partial charge in [-0.25, -0.2) is 4.79 Å². The van der Waals surface area contributed by atoms with Crippen LogP contribution in [0.2, 0.25) is 0 Å². The monoisotopic (exact) mass is 306 g/mol. The molecule has 122 valence electrons. The molecular weight excluding hydrogens is 280 g/mol. The Morgan fingerprint density at radius 2 is 2.00 bits per heavy atom. The van der Waals surface area contributed by atoms with Crippen molar-refractivity contribution in [2.45, 2.75) is 51.5 Å². The van der Waals surface area contributed by atoms with Gasteiger partial charge in [-0.05, 0) is 32.8 Å². The highest BCUT2D eigenvalue weighted by molar-refractivity contribution is 5.68. The number of amides is 1. The van der Waals surface area contributed by atoms with E-state index in [1.165, 1.54) is 5.56 Å². The van der Waals surface area contributed by atoms with Crippen molar-refractivity contribution >= 4 is 6.09 Å². The second kappa shape index (κ2) is 7.11. The van der Waals surface area contributed by atoms with Crippen molar-refractivity contribution in [1.82, 2.24) is 10.2 Å². The topological polar surface area (TPSA) is 61.8 Å². The molecule has 0 spiro atoms. The van der Waals surface area contributed by atoms with E-state index in [4.69, 9.17) is 4.74 Å². The molecular formula is C17H26N2O3. The number of hydrogen-bond acceptors (Lipinski definition) is 4. The van der Waals surface area contributed by atoms with E-state index in [0.29, 0.717) is 19.5 Å². The summed E-state index contributed by atoms with van der Waals surface area (Å²) in [6.45, 7) is 7.62. The maximum atomic E-state index is 11.9. The van der Waals surface area contributed by atoms with Crippen LogP contribution in [0.3, 0.4) is 0 Å². The first-order chi connectivity index (χ1) is 10.3. The molecule has 1 amide bonds. The van der Waals surface area contributed by atoms with Crippen LogP contribution < -0.4 is 5.32 Å². The Hall–Kier alpha value is -1.59. The van der Waals surface area contributed by atoms with E-state index in [0.717, 1.165) is 6.54 Å². The molecule has 1 aromatic carbocycles. The first-order valence-corrected chi connectivity index (χ1v) is 7.76. The fraction of sp³-hybridized carbons (Fsp3) is 0.588. The van der Waals surface area contributed by atoms with Gasteiger partial charge >= 0.3 is 6.09 Å². The van der Waals surface area contributed by atoms with Crippen LogP contribution in [0.1, 0.15) is 32.8 Å². The molecule has 0 saturated carbocycles. The van der Waals surface area contributed by atoms with Gasteiger partial charge in [0.1, 0.15) is 5.60 Å². The highest BCUT2D eigenvalue weighted by Crippen LogP contribution is 2.15. The number of ether oxygens (including phenoxy) is 1.